The van der Waals surface area contributed by atoms with Gasteiger partial charge in [-0.15, -0.1) is 11.8 Å². The van der Waals surface area contributed by atoms with Gasteiger partial charge in [0, 0.05) is 10.9 Å². The molecule has 0 spiro atoms. The van der Waals surface area contributed by atoms with Gasteiger partial charge in [-0.05, 0) is 30.7 Å². The molecule has 2 rings (SSSR count). The van der Waals surface area contributed by atoms with Crippen molar-refractivity contribution in [1.29, 1.82) is 0 Å². The molecule has 0 aliphatic carbocycles. The van der Waals surface area contributed by atoms with Crippen LogP contribution in [-0.2, 0) is 14.6 Å². The number of carbonyl (C=O) groups is 1. The fraction of sp³-hybridized carbons (Fsp3) is 0.462. The minimum absolute atomic E-state index is 0.0615. The molecule has 1 amide bonds. The first-order valence-corrected chi connectivity index (χ1v) is 9.06. The molecular formula is C13H17NO4S2. The lowest BCUT2D eigenvalue weighted by molar-refractivity contribution is -0.119. The SMILES string of the molecule is COc1ccc(SCC(=O)N[C@@H]2CCS(=O)(=O)C2)cc1. The Balaban J connectivity index is 1.77. The molecule has 1 aliphatic heterocycles. The maximum absolute atomic E-state index is 11.8. The van der Waals surface area contributed by atoms with Crippen LogP contribution in [0.3, 0.4) is 0 Å². The van der Waals surface area contributed by atoms with E-state index in [0.29, 0.717) is 6.42 Å². The van der Waals surface area contributed by atoms with E-state index in [0.717, 1.165) is 10.6 Å². The molecule has 1 aromatic carbocycles. The van der Waals surface area contributed by atoms with Crippen molar-refractivity contribution >= 4 is 27.5 Å². The maximum Gasteiger partial charge on any atom is 0.230 e. The average Bonchev–Trinajstić information content (AvgIpc) is 2.76. The molecule has 1 atom stereocenters. The Labute approximate surface area is 123 Å². The minimum Gasteiger partial charge on any atom is -0.497 e. The molecular weight excluding hydrogens is 298 g/mol. The van der Waals surface area contributed by atoms with Crippen molar-refractivity contribution in [2.45, 2.75) is 17.4 Å². The van der Waals surface area contributed by atoms with Crippen LogP contribution in [-0.4, -0.2) is 44.7 Å². The number of hydrogen-bond acceptors (Lipinski definition) is 5. The van der Waals surface area contributed by atoms with E-state index in [1.54, 1.807) is 7.11 Å². The number of nitrogens with one attached hydrogen (secondary N) is 1. The fourth-order valence-corrected chi connectivity index (χ4v) is 4.38. The van der Waals surface area contributed by atoms with E-state index in [2.05, 4.69) is 5.32 Å². The van der Waals surface area contributed by atoms with Crippen LogP contribution in [0.5, 0.6) is 5.75 Å². The van der Waals surface area contributed by atoms with E-state index in [4.69, 9.17) is 4.74 Å². The van der Waals surface area contributed by atoms with E-state index >= 15 is 0 Å². The van der Waals surface area contributed by atoms with Gasteiger partial charge in [-0.1, -0.05) is 0 Å². The van der Waals surface area contributed by atoms with Crippen molar-refractivity contribution in [2.75, 3.05) is 24.4 Å². The molecule has 0 radical (unpaired) electrons. The summed E-state index contributed by atoms with van der Waals surface area (Å²) in [5.74, 6) is 1.15. The van der Waals surface area contributed by atoms with Crippen molar-refractivity contribution < 1.29 is 17.9 Å². The van der Waals surface area contributed by atoms with Crippen LogP contribution in [0.15, 0.2) is 29.2 Å². The quantitative estimate of drug-likeness (QED) is 0.824. The summed E-state index contributed by atoms with van der Waals surface area (Å²) in [6.07, 6.45) is 0.515. The zero-order valence-electron chi connectivity index (χ0n) is 11.2. The Bertz CT molecular complexity index is 569. The van der Waals surface area contributed by atoms with Crippen LogP contribution in [0, 0.1) is 0 Å². The summed E-state index contributed by atoms with van der Waals surface area (Å²) in [6.45, 7) is 0. The predicted octanol–water partition coefficient (Wildman–Crippen LogP) is 1.09. The molecule has 7 heteroatoms. The third kappa shape index (κ3) is 4.42. The molecule has 1 saturated heterocycles. The Hall–Kier alpha value is -1.21. The second-order valence-electron chi connectivity index (χ2n) is 4.63. The van der Waals surface area contributed by atoms with Crippen LogP contribution in [0.1, 0.15) is 6.42 Å². The van der Waals surface area contributed by atoms with Crippen molar-refractivity contribution in [3.63, 3.8) is 0 Å². The molecule has 0 bridgehead atoms. The minimum atomic E-state index is -2.95. The Kier molecular flexibility index (Phi) is 4.93. The normalized spacial score (nSPS) is 20.6. The van der Waals surface area contributed by atoms with Gasteiger partial charge in [0.15, 0.2) is 9.84 Å². The largest absolute Gasteiger partial charge is 0.497 e. The van der Waals surface area contributed by atoms with Crippen LogP contribution >= 0.6 is 11.8 Å². The number of ether oxygens (including phenoxy) is 1. The number of amides is 1. The van der Waals surface area contributed by atoms with E-state index in [-0.39, 0.29) is 29.2 Å². The summed E-state index contributed by atoms with van der Waals surface area (Å²) in [4.78, 5) is 12.7. The predicted molar refractivity (Wildman–Crippen MR) is 78.9 cm³/mol. The molecule has 1 aromatic rings. The number of hydrogen-bond donors (Lipinski definition) is 1. The first-order valence-electron chi connectivity index (χ1n) is 6.25. The number of thioether (sulfide) groups is 1. The fourth-order valence-electron chi connectivity index (χ4n) is 2.00. The van der Waals surface area contributed by atoms with Gasteiger partial charge in [-0.3, -0.25) is 4.79 Å². The summed E-state index contributed by atoms with van der Waals surface area (Å²) in [5.41, 5.74) is 0. The monoisotopic (exact) mass is 315 g/mol. The highest BCUT2D eigenvalue weighted by molar-refractivity contribution is 8.00. The number of rotatable bonds is 5. The van der Waals surface area contributed by atoms with E-state index in [1.165, 1.54) is 11.8 Å². The van der Waals surface area contributed by atoms with Crippen molar-refractivity contribution in [2.24, 2.45) is 0 Å². The maximum atomic E-state index is 11.8. The lowest BCUT2D eigenvalue weighted by Gasteiger charge is -2.10. The summed E-state index contributed by atoms with van der Waals surface area (Å²) in [5, 5.41) is 2.76. The Morgan fingerprint density at radius 3 is 2.65 bits per heavy atom. The highest BCUT2D eigenvalue weighted by Crippen LogP contribution is 2.21. The standard InChI is InChI=1S/C13H17NO4S2/c1-18-11-2-4-12(5-3-11)19-8-13(15)14-10-6-7-20(16,17)9-10/h2-5,10H,6-9H2,1H3,(H,14,15)/t10-/m1/s1. The average molecular weight is 315 g/mol. The molecule has 1 aliphatic rings. The second kappa shape index (κ2) is 6.49. The Morgan fingerprint density at radius 1 is 1.40 bits per heavy atom. The Morgan fingerprint density at radius 2 is 2.10 bits per heavy atom. The number of sulfone groups is 1. The number of methoxy groups -OCH3 is 1. The van der Waals surface area contributed by atoms with Gasteiger partial charge in [-0.2, -0.15) is 0 Å². The summed E-state index contributed by atoms with van der Waals surface area (Å²) in [7, 11) is -1.35. The van der Waals surface area contributed by atoms with Gasteiger partial charge in [0.1, 0.15) is 5.75 Å². The van der Waals surface area contributed by atoms with Crippen LogP contribution in [0.25, 0.3) is 0 Å². The van der Waals surface area contributed by atoms with E-state index < -0.39 is 9.84 Å². The molecule has 110 valence electrons. The number of benzene rings is 1. The van der Waals surface area contributed by atoms with Crippen LogP contribution in [0.4, 0.5) is 0 Å². The summed E-state index contributed by atoms with van der Waals surface area (Å²) >= 11 is 1.41. The topological polar surface area (TPSA) is 72.5 Å². The van der Waals surface area contributed by atoms with Gasteiger partial charge in [0.25, 0.3) is 0 Å². The lowest BCUT2D eigenvalue weighted by atomic mass is 10.3. The van der Waals surface area contributed by atoms with E-state index in [9.17, 15) is 13.2 Å². The van der Waals surface area contributed by atoms with Crippen LogP contribution in [0.2, 0.25) is 0 Å². The molecule has 0 unspecified atom stereocenters. The van der Waals surface area contributed by atoms with Crippen molar-refractivity contribution in [3.8, 4) is 5.75 Å². The molecule has 0 saturated carbocycles. The molecule has 1 N–H and O–H groups in total. The third-order valence-corrected chi connectivity index (χ3v) is 5.81. The van der Waals surface area contributed by atoms with Gasteiger partial charge in [0.05, 0.1) is 24.4 Å². The van der Waals surface area contributed by atoms with Gasteiger partial charge >= 0.3 is 0 Å². The van der Waals surface area contributed by atoms with Gasteiger partial charge < -0.3 is 10.1 Å². The smallest absolute Gasteiger partial charge is 0.230 e. The third-order valence-electron chi connectivity index (χ3n) is 3.03. The first kappa shape index (κ1) is 15.2. The number of carbonyl (C=O) groups excluding carboxylic acids is 1. The highest BCUT2D eigenvalue weighted by Gasteiger charge is 2.28. The molecule has 5 nitrogen and oxygen atoms in total. The molecule has 1 heterocycles. The second-order valence-corrected chi connectivity index (χ2v) is 7.91. The van der Waals surface area contributed by atoms with Crippen molar-refractivity contribution in [1.82, 2.24) is 5.32 Å². The van der Waals surface area contributed by atoms with Gasteiger partial charge in [-0.25, -0.2) is 8.42 Å². The van der Waals surface area contributed by atoms with Gasteiger partial charge in [0.2, 0.25) is 5.91 Å². The summed E-state index contributed by atoms with van der Waals surface area (Å²) < 4.78 is 27.6. The van der Waals surface area contributed by atoms with Crippen molar-refractivity contribution in [3.05, 3.63) is 24.3 Å². The first-order chi connectivity index (χ1) is 9.48. The zero-order chi connectivity index (χ0) is 14.6. The molecule has 20 heavy (non-hydrogen) atoms. The molecule has 0 aromatic heterocycles. The molecule has 1 fully saturated rings. The highest BCUT2D eigenvalue weighted by atomic mass is 32.2. The van der Waals surface area contributed by atoms with E-state index in [1.807, 2.05) is 24.3 Å². The lowest BCUT2D eigenvalue weighted by Crippen LogP contribution is -2.36. The van der Waals surface area contributed by atoms with Crippen LogP contribution < -0.4 is 10.1 Å². The zero-order valence-corrected chi connectivity index (χ0v) is 12.8. The summed E-state index contributed by atoms with van der Waals surface area (Å²) in [6, 6.07) is 7.21.